The molecule has 0 saturated heterocycles. The molecule has 0 radical (unpaired) electrons. The Kier molecular flexibility index (Phi) is 8.20. The van der Waals surface area contributed by atoms with Crippen molar-refractivity contribution in [1.29, 1.82) is 0 Å². The van der Waals surface area contributed by atoms with E-state index in [0.717, 1.165) is 11.1 Å². The molecule has 0 unspecified atom stereocenters. The van der Waals surface area contributed by atoms with Gasteiger partial charge in [-0.3, -0.25) is 14.7 Å². The fourth-order valence-corrected chi connectivity index (χ4v) is 4.32. The maximum atomic E-state index is 15.2. The molecule has 9 nitrogen and oxygen atoms in total. The number of ether oxygens (including phenoxy) is 1. The number of hydrogen-bond acceptors (Lipinski definition) is 6. The first-order valence-electron chi connectivity index (χ1n) is 12.1. The zero-order valence-corrected chi connectivity index (χ0v) is 21.6. The van der Waals surface area contributed by atoms with Crippen LogP contribution in [0.2, 0.25) is 0 Å². The van der Waals surface area contributed by atoms with Crippen LogP contribution in [0.1, 0.15) is 11.1 Å². The Balaban J connectivity index is 1.64. The van der Waals surface area contributed by atoms with Crippen LogP contribution in [-0.4, -0.2) is 90.6 Å². The van der Waals surface area contributed by atoms with E-state index in [0.29, 0.717) is 43.0 Å². The number of nitrogens with zero attached hydrogens (tertiary/aromatic N) is 4. The van der Waals surface area contributed by atoms with Crippen LogP contribution in [0.5, 0.6) is 5.75 Å². The number of likely N-dealkylation sites (N-methyl/N-ethyl adjacent to an activating group) is 2. The van der Waals surface area contributed by atoms with Crippen molar-refractivity contribution in [2.45, 2.75) is 19.0 Å². The van der Waals surface area contributed by atoms with Crippen molar-refractivity contribution in [3.63, 3.8) is 0 Å². The Labute approximate surface area is 216 Å². The second-order valence-corrected chi connectivity index (χ2v) is 9.70. The molecule has 0 aliphatic carbocycles. The number of carbonyl (C=O) groups is 2. The molecule has 1 atom stereocenters. The fourth-order valence-electron chi connectivity index (χ4n) is 4.32. The lowest BCUT2D eigenvalue weighted by atomic mass is 9.93. The van der Waals surface area contributed by atoms with Crippen LogP contribution >= 0.6 is 0 Å². The summed E-state index contributed by atoms with van der Waals surface area (Å²) in [5, 5.41) is 9.44. The second kappa shape index (κ2) is 11.5. The zero-order valence-electron chi connectivity index (χ0n) is 21.6. The summed E-state index contributed by atoms with van der Waals surface area (Å²) in [5.41, 5.74) is 3.12. The van der Waals surface area contributed by atoms with Crippen LogP contribution in [0.15, 0.2) is 48.8 Å². The molecule has 4 rings (SSSR count). The minimum atomic E-state index is -0.742. The molecule has 2 heterocycles. The van der Waals surface area contributed by atoms with Gasteiger partial charge in [-0.15, -0.1) is 0 Å². The van der Waals surface area contributed by atoms with Gasteiger partial charge in [-0.1, -0.05) is 24.3 Å². The predicted octanol–water partition coefficient (Wildman–Crippen LogP) is 2.61. The molecule has 3 aromatic rings. The number of aromatic amines is 1. The summed E-state index contributed by atoms with van der Waals surface area (Å²) in [6, 6.07) is 9.87. The standard InChI is InChI=1S/C27H33FN6O3/c1-32(2)9-10-37-25-12-21(20-14-29-30-15-20)22(28)13-23(25)31-27(36)24-11-18-7-5-6-8-19(18)16-34(24)26(35)17-33(3)4/h5-8,12-15,24H,9-11,16-17H2,1-4H3,(H,29,30)(H,31,36)/t24-/m0/s1. The number of rotatable bonds is 9. The number of hydrogen-bond donors (Lipinski definition) is 2. The number of carbonyl (C=O) groups excluding carboxylic acids is 2. The first-order chi connectivity index (χ1) is 17.7. The molecular formula is C27H33FN6O3. The average molecular weight is 509 g/mol. The quantitative estimate of drug-likeness (QED) is 0.462. The number of benzene rings is 2. The normalized spacial score (nSPS) is 15.1. The van der Waals surface area contributed by atoms with Crippen molar-refractivity contribution < 1.29 is 18.7 Å². The summed E-state index contributed by atoms with van der Waals surface area (Å²) in [6.07, 6.45) is 3.48. The lowest BCUT2D eigenvalue weighted by molar-refractivity contribution is -0.140. The van der Waals surface area contributed by atoms with Crippen LogP contribution in [-0.2, 0) is 22.6 Å². The summed E-state index contributed by atoms with van der Waals surface area (Å²) in [7, 11) is 7.47. The molecular weight excluding hydrogens is 475 g/mol. The van der Waals surface area contributed by atoms with E-state index in [9.17, 15) is 9.59 Å². The molecule has 196 valence electrons. The van der Waals surface area contributed by atoms with E-state index in [2.05, 4.69) is 15.5 Å². The molecule has 37 heavy (non-hydrogen) atoms. The van der Waals surface area contributed by atoms with Crippen LogP contribution in [0.4, 0.5) is 10.1 Å². The van der Waals surface area contributed by atoms with Gasteiger partial charge in [-0.05, 0) is 45.4 Å². The lowest BCUT2D eigenvalue weighted by Crippen LogP contribution is -2.52. The Morgan fingerprint density at radius 1 is 1.16 bits per heavy atom. The van der Waals surface area contributed by atoms with Gasteiger partial charge in [0, 0.05) is 42.9 Å². The van der Waals surface area contributed by atoms with Crippen molar-refractivity contribution in [1.82, 2.24) is 24.9 Å². The molecule has 0 spiro atoms. The summed E-state index contributed by atoms with van der Waals surface area (Å²) >= 11 is 0. The van der Waals surface area contributed by atoms with Gasteiger partial charge in [-0.25, -0.2) is 4.39 Å². The van der Waals surface area contributed by atoms with Gasteiger partial charge in [0.25, 0.3) is 0 Å². The lowest BCUT2D eigenvalue weighted by Gasteiger charge is -2.36. The highest BCUT2D eigenvalue weighted by atomic mass is 19.1. The summed E-state index contributed by atoms with van der Waals surface area (Å²) in [4.78, 5) is 32.0. The summed E-state index contributed by atoms with van der Waals surface area (Å²) < 4.78 is 21.1. The van der Waals surface area contributed by atoms with Gasteiger partial charge >= 0.3 is 0 Å². The number of aromatic nitrogens is 2. The van der Waals surface area contributed by atoms with Gasteiger partial charge < -0.3 is 24.8 Å². The Morgan fingerprint density at radius 3 is 2.59 bits per heavy atom. The van der Waals surface area contributed by atoms with Gasteiger partial charge in [-0.2, -0.15) is 5.10 Å². The molecule has 2 amide bonds. The van der Waals surface area contributed by atoms with Gasteiger partial charge in [0.05, 0.1) is 18.4 Å². The van der Waals surface area contributed by atoms with E-state index >= 15 is 4.39 Å². The Hall–Kier alpha value is -3.76. The molecule has 1 aliphatic heterocycles. The molecule has 0 saturated carbocycles. The molecule has 2 N–H and O–H groups in total. The highest BCUT2D eigenvalue weighted by Crippen LogP contribution is 2.34. The third kappa shape index (κ3) is 6.33. The number of fused-ring (bicyclic) bond motifs is 1. The zero-order chi connectivity index (χ0) is 26.5. The van der Waals surface area contributed by atoms with Crippen molar-refractivity contribution in [2.75, 3.05) is 53.2 Å². The first kappa shape index (κ1) is 26.3. The number of amides is 2. The third-order valence-corrected chi connectivity index (χ3v) is 6.26. The van der Waals surface area contributed by atoms with E-state index in [-0.39, 0.29) is 18.1 Å². The van der Waals surface area contributed by atoms with Crippen LogP contribution < -0.4 is 10.1 Å². The summed E-state index contributed by atoms with van der Waals surface area (Å²) in [6.45, 7) is 1.49. The SMILES string of the molecule is CN(C)CCOc1cc(-c2cn[nH]c2)c(F)cc1NC(=O)[C@@H]1Cc2ccccc2CN1C(=O)CN(C)C. The highest BCUT2D eigenvalue weighted by Gasteiger charge is 2.35. The van der Waals surface area contributed by atoms with E-state index < -0.39 is 17.8 Å². The molecule has 2 aromatic carbocycles. The van der Waals surface area contributed by atoms with E-state index in [4.69, 9.17) is 4.74 Å². The number of nitrogens with one attached hydrogen (secondary N) is 2. The maximum Gasteiger partial charge on any atom is 0.247 e. The van der Waals surface area contributed by atoms with E-state index in [1.54, 1.807) is 22.1 Å². The molecule has 1 aliphatic rings. The average Bonchev–Trinajstić information content (AvgIpc) is 3.38. The van der Waals surface area contributed by atoms with Crippen LogP contribution in [0.25, 0.3) is 11.1 Å². The molecule has 0 fully saturated rings. The summed E-state index contributed by atoms with van der Waals surface area (Å²) in [5.74, 6) is -0.723. The number of anilines is 1. The van der Waals surface area contributed by atoms with Gasteiger partial charge in [0.2, 0.25) is 11.8 Å². The molecule has 1 aromatic heterocycles. The van der Waals surface area contributed by atoms with Crippen LogP contribution in [0, 0.1) is 5.82 Å². The fraction of sp³-hybridized carbons (Fsp3) is 0.370. The Bertz CT molecular complexity index is 1240. The number of halogens is 1. The monoisotopic (exact) mass is 508 g/mol. The smallest absolute Gasteiger partial charge is 0.247 e. The topological polar surface area (TPSA) is 93.8 Å². The van der Waals surface area contributed by atoms with E-state index in [1.165, 1.54) is 12.3 Å². The van der Waals surface area contributed by atoms with Crippen molar-refractivity contribution >= 4 is 17.5 Å². The van der Waals surface area contributed by atoms with Gasteiger partial charge in [0.15, 0.2) is 0 Å². The van der Waals surface area contributed by atoms with Crippen molar-refractivity contribution in [3.8, 4) is 16.9 Å². The highest BCUT2D eigenvalue weighted by molar-refractivity contribution is 5.99. The van der Waals surface area contributed by atoms with Gasteiger partial charge in [0.1, 0.15) is 24.2 Å². The molecule has 0 bridgehead atoms. The number of H-pyrrole nitrogens is 1. The molecule has 10 heteroatoms. The minimum absolute atomic E-state index is 0.149. The minimum Gasteiger partial charge on any atom is -0.490 e. The second-order valence-electron chi connectivity index (χ2n) is 9.70. The van der Waals surface area contributed by atoms with Crippen LogP contribution in [0.3, 0.4) is 0 Å². The largest absolute Gasteiger partial charge is 0.490 e. The first-order valence-corrected chi connectivity index (χ1v) is 12.1. The predicted molar refractivity (Wildman–Crippen MR) is 140 cm³/mol. The van der Waals surface area contributed by atoms with E-state index in [1.807, 2.05) is 57.4 Å². The Morgan fingerprint density at radius 2 is 1.92 bits per heavy atom. The van der Waals surface area contributed by atoms with Crippen molar-refractivity contribution in [2.24, 2.45) is 0 Å². The van der Waals surface area contributed by atoms with Crippen molar-refractivity contribution in [3.05, 3.63) is 65.7 Å². The maximum absolute atomic E-state index is 15.2. The third-order valence-electron chi connectivity index (χ3n) is 6.26.